The first kappa shape index (κ1) is 11.3. The lowest BCUT2D eigenvalue weighted by Gasteiger charge is -2.22. The van der Waals surface area contributed by atoms with E-state index in [1.165, 1.54) is 0 Å². The van der Waals surface area contributed by atoms with E-state index < -0.39 is 5.76 Å². The highest BCUT2D eigenvalue weighted by atomic mass is 16.5. The van der Waals surface area contributed by atoms with Gasteiger partial charge in [-0.15, -0.1) is 0 Å². The molecule has 0 aliphatic carbocycles. The number of rotatable bonds is 3. The molecule has 5 nitrogen and oxygen atoms in total. The molecule has 5 heteroatoms. The van der Waals surface area contributed by atoms with Crippen LogP contribution >= 0.6 is 0 Å². The number of hydrogen-bond acceptors (Lipinski definition) is 4. The van der Waals surface area contributed by atoms with Crippen LogP contribution in [0.3, 0.4) is 0 Å². The number of anilines is 1. The minimum atomic E-state index is -0.411. The zero-order valence-corrected chi connectivity index (χ0v) is 10.1. The van der Waals surface area contributed by atoms with Gasteiger partial charge >= 0.3 is 5.76 Å². The van der Waals surface area contributed by atoms with E-state index in [1.54, 1.807) is 6.07 Å². The SMILES string of the molecule is O=c1[nH]c2cc(NCC3CCOCC3)ccc2o1. The Kier molecular flexibility index (Phi) is 3.06. The molecule has 0 atom stereocenters. The fourth-order valence-electron chi connectivity index (χ4n) is 2.27. The van der Waals surface area contributed by atoms with Crippen LogP contribution in [0.4, 0.5) is 5.69 Å². The van der Waals surface area contributed by atoms with Crippen LogP contribution in [0.5, 0.6) is 0 Å². The lowest BCUT2D eigenvalue weighted by molar-refractivity contribution is 0.0699. The molecule has 2 N–H and O–H groups in total. The fourth-order valence-corrected chi connectivity index (χ4v) is 2.27. The Hall–Kier alpha value is -1.75. The summed E-state index contributed by atoms with van der Waals surface area (Å²) in [6, 6.07) is 5.64. The van der Waals surface area contributed by atoms with Crippen molar-refractivity contribution in [1.29, 1.82) is 0 Å². The highest BCUT2D eigenvalue weighted by Gasteiger charge is 2.13. The molecular formula is C13H16N2O3. The van der Waals surface area contributed by atoms with Crippen molar-refractivity contribution in [2.75, 3.05) is 25.1 Å². The van der Waals surface area contributed by atoms with Gasteiger partial charge in [0.2, 0.25) is 0 Å². The smallest absolute Gasteiger partial charge is 0.408 e. The number of fused-ring (bicyclic) bond motifs is 1. The molecule has 0 amide bonds. The van der Waals surface area contributed by atoms with Crippen LogP contribution in [0.2, 0.25) is 0 Å². The van der Waals surface area contributed by atoms with Crippen LogP contribution in [0.25, 0.3) is 11.1 Å². The number of H-pyrrole nitrogens is 1. The third-order valence-corrected chi connectivity index (χ3v) is 3.35. The van der Waals surface area contributed by atoms with E-state index in [-0.39, 0.29) is 0 Å². The zero-order valence-electron chi connectivity index (χ0n) is 10.1. The molecular weight excluding hydrogens is 232 g/mol. The Morgan fingerprint density at radius 2 is 2.17 bits per heavy atom. The second kappa shape index (κ2) is 4.86. The number of aromatic amines is 1. The predicted molar refractivity (Wildman–Crippen MR) is 68.9 cm³/mol. The Morgan fingerprint density at radius 3 is 3.00 bits per heavy atom. The Balaban J connectivity index is 1.68. The summed E-state index contributed by atoms with van der Waals surface area (Å²) in [6.45, 7) is 2.66. The molecule has 3 rings (SSSR count). The van der Waals surface area contributed by atoms with Crippen molar-refractivity contribution in [3.8, 4) is 0 Å². The molecule has 1 aliphatic heterocycles. The second-order valence-corrected chi connectivity index (χ2v) is 4.66. The van der Waals surface area contributed by atoms with E-state index in [9.17, 15) is 4.79 Å². The van der Waals surface area contributed by atoms with E-state index >= 15 is 0 Å². The van der Waals surface area contributed by atoms with E-state index in [4.69, 9.17) is 9.15 Å². The summed E-state index contributed by atoms with van der Waals surface area (Å²) in [5, 5.41) is 3.40. The number of ether oxygens (including phenoxy) is 1. The number of nitrogens with one attached hydrogen (secondary N) is 2. The maximum absolute atomic E-state index is 11.0. The van der Waals surface area contributed by atoms with Crippen LogP contribution in [0, 0.1) is 5.92 Å². The number of benzene rings is 1. The quantitative estimate of drug-likeness (QED) is 0.871. The molecule has 0 radical (unpaired) electrons. The Morgan fingerprint density at radius 1 is 1.33 bits per heavy atom. The summed E-state index contributed by atoms with van der Waals surface area (Å²) in [4.78, 5) is 13.7. The van der Waals surface area contributed by atoms with E-state index in [1.807, 2.05) is 12.1 Å². The molecule has 2 heterocycles. The third-order valence-electron chi connectivity index (χ3n) is 3.35. The highest BCUT2D eigenvalue weighted by molar-refractivity contribution is 5.76. The molecule has 1 aromatic heterocycles. The number of hydrogen-bond donors (Lipinski definition) is 2. The first-order chi connectivity index (χ1) is 8.81. The van der Waals surface area contributed by atoms with Gasteiger partial charge in [-0.25, -0.2) is 4.79 Å². The molecule has 1 saturated heterocycles. The predicted octanol–water partition coefficient (Wildman–Crippen LogP) is 1.96. The van der Waals surface area contributed by atoms with Crippen LogP contribution in [-0.4, -0.2) is 24.7 Å². The van der Waals surface area contributed by atoms with Crippen molar-refractivity contribution in [1.82, 2.24) is 4.98 Å². The molecule has 1 aromatic carbocycles. The Labute approximate surface area is 104 Å². The minimum Gasteiger partial charge on any atom is -0.408 e. The van der Waals surface area contributed by atoms with Crippen LogP contribution in [0.15, 0.2) is 27.4 Å². The van der Waals surface area contributed by atoms with Gasteiger partial charge in [-0.2, -0.15) is 0 Å². The van der Waals surface area contributed by atoms with Gasteiger partial charge in [0.15, 0.2) is 5.58 Å². The molecule has 0 spiro atoms. The fraction of sp³-hybridized carbons (Fsp3) is 0.462. The van der Waals surface area contributed by atoms with Gasteiger partial charge in [0.05, 0.1) is 5.52 Å². The van der Waals surface area contributed by atoms with Crippen LogP contribution < -0.4 is 11.1 Å². The average molecular weight is 248 g/mol. The minimum absolute atomic E-state index is 0.411. The van der Waals surface area contributed by atoms with E-state index in [2.05, 4.69) is 10.3 Å². The second-order valence-electron chi connectivity index (χ2n) is 4.66. The first-order valence-electron chi connectivity index (χ1n) is 6.26. The molecule has 0 bridgehead atoms. The average Bonchev–Trinajstić information content (AvgIpc) is 2.77. The molecule has 2 aromatic rings. The van der Waals surface area contributed by atoms with Crippen molar-refractivity contribution in [3.63, 3.8) is 0 Å². The van der Waals surface area contributed by atoms with Gasteiger partial charge in [0.1, 0.15) is 0 Å². The maximum atomic E-state index is 11.0. The van der Waals surface area contributed by atoms with Crippen LogP contribution in [0.1, 0.15) is 12.8 Å². The van der Waals surface area contributed by atoms with Crippen molar-refractivity contribution in [3.05, 3.63) is 28.7 Å². The molecule has 0 unspecified atom stereocenters. The summed E-state index contributed by atoms with van der Waals surface area (Å²) in [6.07, 6.45) is 2.22. The Bertz CT molecular complexity index is 581. The third kappa shape index (κ3) is 2.41. The molecule has 96 valence electrons. The van der Waals surface area contributed by atoms with Crippen molar-refractivity contribution in [2.45, 2.75) is 12.8 Å². The van der Waals surface area contributed by atoms with Gasteiger partial charge in [0, 0.05) is 25.4 Å². The highest BCUT2D eigenvalue weighted by Crippen LogP contribution is 2.19. The monoisotopic (exact) mass is 248 g/mol. The zero-order chi connectivity index (χ0) is 12.4. The van der Waals surface area contributed by atoms with Gasteiger partial charge in [0.25, 0.3) is 0 Å². The molecule has 0 saturated carbocycles. The van der Waals surface area contributed by atoms with E-state index in [0.29, 0.717) is 11.5 Å². The molecule has 1 fully saturated rings. The van der Waals surface area contributed by atoms with E-state index in [0.717, 1.165) is 43.8 Å². The lowest BCUT2D eigenvalue weighted by atomic mass is 10.0. The van der Waals surface area contributed by atoms with Crippen molar-refractivity contribution < 1.29 is 9.15 Å². The first-order valence-corrected chi connectivity index (χ1v) is 6.26. The molecule has 18 heavy (non-hydrogen) atoms. The summed E-state index contributed by atoms with van der Waals surface area (Å²) in [5.74, 6) is 0.254. The molecule has 1 aliphatic rings. The lowest BCUT2D eigenvalue weighted by Crippen LogP contribution is -2.22. The summed E-state index contributed by atoms with van der Waals surface area (Å²) < 4.78 is 10.3. The topological polar surface area (TPSA) is 67.3 Å². The van der Waals surface area contributed by atoms with Crippen molar-refractivity contribution in [2.24, 2.45) is 5.92 Å². The van der Waals surface area contributed by atoms with Gasteiger partial charge < -0.3 is 14.5 Å². The number of aromatic nitrogens is 1. The largest absolute Gasteiger partial charge is 0.417 e. The van der Waals surface area contributed by atoms with Crippen molar-refractivity contribution >= 4 is 16.8 Å². The summed E-state index contributed by atoms with van der Waals surface area (Å²) in [5.41, 5.74) is 2.33. The van der Waals surface area contributed by atoms with Crippen LogP contribution in [-0.2, 0) is 4.74 Å². The standard InChI is InChI=1S/C13H16N2O3/c16-13-15-11-7-10(1-2-12(11)18-13)14-8-9-3-5-17-6-4-9/h1-2,7,9,14H,3-6,8H2,(H,15,16). The van der Waals surface area contributed by atoms with Gasteiger partial charge in [-0.3, -0.25) is 4.98 Å². The number of oxazole rings is 1. The maximum Gasteiger partial charge on any atom is 0.417 e. The van der Waals surface area contributed by atoms with Gasteiger partial charge in [-0.05, 0) is 37.0 Å². The normalized spacial score (nSPS) is 17.1. The van der Waals surface area contributed by atoms with Gasteiger partial charge in [-0.1, -0.05) is 0 Å². The summed E-state index contributed by atoms with van der Waals surface area (Å²) >= 11 is 0. The summed E-state index contributed by atoms with van der Waals surface area (Å²) in [7, 11) is 0.